The molecule has 19 heavy (non-hydrogen) atoms. The number of nitrogens with zero attached hydrogens (tertiary/aromatic N) is 1. The molecule has 1 aromatic carbocycles. The number of amidine groups is 1. The van der Waals surface area contributed by atoms with Crippen LogP contribution in [0.1, 0.15) is 18.9 Å². The van der Waals surface area contributed by atoms with Crippen LogP contribution in [-0.2, 0) is 10.0 Å². The third kappa shape index (κ3) is 3.51. The largest absolute Gasteiger partial charge is 0.388 e. The molecule has 1 atom stereocenters. The lowest BCUT2D eigenvalue weighted by atomic mass is 10.2. The smallest absolute Gasteiger partial charge is 0.243 e. The Morgan fingerprint density at radius 3 is 2.58 bits per heavy atom. The molecule has 0 spiro atoms. The van der Waals surface area contributed by atoms with Crippen molar-refractivity contribution in [3.05, 3.63) is 29.6 Å². The SMILES string of the molecule is Cc1cc(F)ccc1S(=O)(=O)N(C)C(C)CC(=N)N. The van der Waals surface area contributed by atoms with Gasteiger partial charge in [0.25, 0.3) is 0 Å². The van der Waals surface area contributed by atoms with Crippen molar-refractivity contribution < 1.29 is 12.8 Å². The molecule has 0 heterocycles. The van der Waals surface area contributed by atoms with Gasteiger partial charge in [0.15, 0.2) is 0 Å². The van der Waals surface area contributed by atoms with E-state index in [1.807, 2.05) is 0 Å². The monoisotopic (exact) mass is 287 g/mol. The molecule has 0 bridgehead atoms. The van der Waals surface area contributed by atoms with E-state index >= 15 is 0 Å². The van der Waals surface area contributed by atoms with E-state index in [-0.39, 0.29) is 17.2 Å². The summed E-state index contributed by atoms with van der Waals surface area (Å²) in [5, 5.41) is 7.20. The minimum atomic E-state index is -3.72. The van der Waals surface area contributed by atoms with Crippen molar-refractivity contribution in [3.8, 4) is 0 Å². The van der Waals surface area contributed by atoms with Crippen LogP contribution in [0.15, 0.2) is 23.1 Å². The highest BCUT2D eigenvalue weighted by Gasteiger charge is 2.27. The van der Waals surface area contributed by atoms with Gasteiger partial charge in [0.05, 0.1) is 10.7 Å². The number of nitrogens with one attached hydrogen (secondary N) is 1. The van der Waals surface area contributed by atoms with Gasteiger partial charge in [0.2, 0.25) is 10.0 Å². The van der Waals surface area contributed by atoms with E-state index in [1.165, 1.54) is 19.2 Å². The molecule has 7 heteroatoms. The van der Waals surface area contributed by atoms with Crippen LogP contribution in [0, 0.1) is 18.2 Å². The zero-order chi connectivity index (χ0) is 14.8. The molecule has 3 N–H and O–H groups in total. The van der Waals surface area contributed by atoms with Crippen LogP contribution >= 0.6 is 0 Å². The summed E-state index contributed by atoms with van der Waals surface area (Å²) in [5.74, 6) is -0.554. The highest BCUT2D eigenvalue weighted by molar-refractivity contribution is 7.89. The summed E-state index contributed by atoms with van der Waals surface area (Å²) >= 11 is 0. The van der Waals surface area contributed by atoms with E-state index in [2.05, 4.69) is 0 Å². The van der Waals surface area contributed by atoms with Gasteiger partial charge < -0.3 is 5.73 Å². The quantitative estimate of drug-likeness (QED) is 0.635. The number of rotatable bonds is 5. The van der Waals surface area contributed by atoms with Gasteiger partial charge in [-0.15, -0.1) is 0 Å². The van der Waals surface area contributed by atoms with Crippen LogP contribution < -0.4 is 5.73 Å². The minimum Gasteiger partial charge on any atom is -0.388 e. The summed E-state index contributed by atoms with van der Waals surface area (Å²) in [6, 6.07) is 3.10. The first-order valence-electron chi connectivity index (χ1n) is 5.73. The number of benzene rings is 1. The van der Waals surface area contributed by atoms with Gasteiger partial charge in [0, 0.05) is 19.5 Å². The molecular weight excluding hydrogens is 269 g/mol. The van der Waals surface area contributed by atoms with Crippen LogP contribution in [-0.4, -0.2) is 31.6 Å². The van der Waals surface area contributed by atoms with Gasteiger partial charge in [-0.2, -0.15) is 4.31 Å². The van der Waals surface area contributed by atoms with Gasteiger partial charge in [-0.1, -0.05) is 0 Å². The molecule has 0 amide bonds. The Bertz CT molecular complexity index is 587. The van der Waals surface area contributed by atoms with Crippen LogP contribution in [0.2, 0.25) is 0 Å². The second-order valence-corrected chi connectivity index (χ2v) is 6.48. The van der Waals surface area contributed by atoms with E-state index in [9.17, 15) is 12.8 Å². The van der Waals surface area contributed by atoms with Crippen molar-refractivity contribution in [2.24, 2.45) is 5.73 Å². The third-order valence-electron chi connectivity index (χ3n) is 2.93. The average Bonchev–Trinajstić information content (AvgIpc) is 2.26. The second kappa shape index (κ2) is 5.66. The van der Waals surface area contributed by atoms with E-state index in [0.29, 0.717) is 5.56 Å². The number of aryl methyl sites for hydroxylation is 1. The van der Waals surface area contributed by atoms with Gasteiger partial charge in [-0.3, -0.25) is 5.41 Å². The molecule has 5 nitrogen and oxygen atoms in total. The summed E-state index contributed by atoms with van der Waals surface area (Å²) in [6.07, 6.45) is 0.149. The average molecular weight is 287 g/mol. The molecule has 1 unspecified atom stereocenters. The van der Waals surface area contributed by atoms with Crippen molar-refractivity contribution in [1.82, 2.24) is 4.31 Å². The van der Waals surface area contributed by atoms with Crippen molar-refractivity contribution in [2.75, 3.05) is 7.05 Å². The number of hydrogen-bond acceptors (Lipinski definition) is 3. The first-order chi connectivity index (χ1) is 8.66. The van der Waals surface area contributed by atoms with Gasteiger partial charge in [-0.25, -0.2) is 12.8 Å². The number of hydrogen-bond donors (Lipinski definition) is 2. The first-order valence-corrected chi connectivity index (χ1v) is 7.17. The predicted molar refractivity (Wildman–Crippen MR) is 72.1 cm³/mol. The highest BCUT2D eigenvalue weighted by Crippen LogP contribution is 2.21. The summed E-state index contributed by atoms with van der Waals surface area (Å²) in [5.41, 5.74) is 5.62. The molecule has 0 aliphatic heterocycles. The number of halogens is 1. The highest BCUT2D eigenvalue weighted by atomic mass is 32.2. The molecule has 1 aromatic rings. The molecule has 0 aliphatic carbocycles. The lowest BCUT2D eigenvalue weighted by Crippen LogP contribution is -2.37. The van der Waals surface area contributed by atoms with Crippen molar-refractivity contribution in [3.63, 3.8) is 0 Å². The molecule has 1 rings (SSSR count). The fourth-order valence-electron chi connectivity index (χ4n) is 1.74. The first kappa shape index (κ1) is 15.6. The van der Waals surface area contributed by atoms with E-state index in [1.54, 1.807) is 13.8 Å². The van der Waals surface area contributed by atoms with Crippen molar-refractivity contribution in [2.45, 2.75) is 31.2 Å². The summed E-state index contributed by atoms with van der Waals surface area (Å²) in [7, 11) is -2.29. The van der Waals surface area contributed by atoms with Crippen molar-refractivity contribution >= 4 is 15.9 Å². The van der Waals surface area contributed by atoms with Crippen molar-refractivity contribution in [1.29, 1.82) is 5.41 Å². The molecule has 0 saturated heterocycles. The lowest BCUT2D eigenvalue weighted by molar-refractivity contribution is 0.395. The second-order valence-electron chi connectivity index (χ2n) is 4.51. The Morgan fingerprint density at radius 1 is 1.53 bits per heavy atom. The van der Waals surface area contributed by atoms with Crippen LogP contribution in [0.5, 0.6) is 0 Å². The summed E-state index contributed by atoms with van der Waals surface area (Å²) in [4.78, 5) is 0.0619. The van der Waals surface area contributed by atoms with Crippen LogP contribution in [0.25, 0.3) is 0 Å². The molecule has 106 valence electrons. The number of nitrogens with two attached hydrogens (primary N) is 1. The van der Waals surface area contributed by atoms with Crippen LogP contribution in [0.3, 0.4) is 0 Å². The zero-order valence-electron chi connectivity index (χ0n) is 11.1. The molecule has 0 aliphatic rings. The Kier molecular flexibility index (Phi) is 4.65. The van der Waals surface area contributed by atoms with Gasteiger partial charge in [-0.05, 0) is 37.6 Å². The Morgan fingerprint density at radius 2 is 2.11 bits per heavy atom. The zero-order valence-corrected chi connectivity index (χ0v) is 12.0. The van der Waals surface area contributed by atoms with Gasteiger partial charge >= 0.3 is 0 Å². The standard InChI is InChI=1S/C12H18FN3O2S/c1-8-6-10(13)4-5-11(8)19(17,18)16(3)9(2)7-12(14)15/h4-6,9H,7H2,1-3H3,(H3,14,15). The summed E-state index contributed by atoms with van der Waals surface area (Å²) < 4.78 is 38.9. The van der Waals surface area contributed by atoms with Gasteiger partial charge in [0.1, 0.15) is 5.82 Å². The van der Waals surface area contributed by atoms with E-state index < -0.39 is 21.9 Å². The fourth-order valence-corrected chi connectivity index (χ4v) is 3.31. The normalized spacial score (nSPS) is 13.5. The maximum Gasteiger partial charge on any atom is 0.243 e. The van der Waals surface area contributed by atoms with E-state index in [4.69, 9.17) is 11.1 Å². The fraction of sp³-hybridized carbons (Fsp3) is 0.417. The molecule has 0 radical (unpaired) electrons. The molecule has 0 aromatic heterocycles. The molecule has 0 saturated carbocycles. The summed E-state index contributed by atoms with van der Waals surface area (Å²) in [6.45, 7) is 3.21. The predicted octanol–water partition coefficient (Wildman–Crippen LogP) is 1.47. The van der Waals surface area contributed by atoms with E-state index in [0.717, 1.165) is 10.4 Å². The molecular formula is C12H18FN3O2S. The Hall–Kier alpha value is -1.47. The Balaban J connectivity index is 3.13. The minimum absolute atomic E-state index is 0.0619. The Labute approximate surface area is 112 Å². The third-order valence-corrected chi connectivity index (χ3v) is 5.06. The maximum absolute atomic E-state index is 13.0. The topological polar surface area (TPSA) is 87.2 Å². The lowest BCUT2D eigenvalue weighted by Gasteiger charge is -2.24. The molecule has 0 fully saturated rings. The maximum atomic E-state index is 13.0. The number of sulfonamides is 1. The van der Waals surface area contributed by atoms with Crippen LogP contribution in [0.4, 0.5) is 4.39 Å².